The van der Waals surface area contributed by atoms with E-state index in [1.54, 1.807) is 0 Å². The lowest BCUT2D eigenvalue weighted by Crippen LogP contribution is -2.11. The Morgan fingerprint density at radius 1 is 1.09 bits per heavy atom. The van der Waals surface area contributed by atoms with Gasteiger partial charge >= 0.3 is 0 Å². The Labute approximate surface area is 137 Å². The molecule has 3 heterocycles. The number of allylic oxidation sites excluding steroid dienone is 1. The zero-order valence-corrected chi connectivity index (χ0v) is 13.6. The number of aromatic nitrogens is 3. The highest BCUT2D eigenvalue weighted by Gasteiger charge is 2.28. The van der Waals surface area contributed by atoms with Crippen LogP contribution in [0.15, 0.2) is 18.5 Å². The molecule has 1 aliphatic heterocycles. The van der Waals surface area contributed by atoms with Gasteiger partial charge < -0.3 is 5.32 Å². The Morgan fingerprint density at radius 2 is 2.00 bits per heavy atom. The van der Waals surface area contributed by atoms with Crippen LogP contribution in [-0.2, 0) is 6.42 Å². The number of hydrogen-bond acceptors (Lipinski definition) is 3. The zero-order chi connectivity index (χ0) is 15.2. The van der Waals surface area contributed by atoms with E-state index in [9.17, 15) is 0 Å². The number of imidazole rings is 1. The maximum atomic E-state index is 4.93. The van der Waals surface area contributed by atoms with Crippen LogP contribution in [0.1, 0.15) is 61.5 Å². The van der Waals surface area contributed by atoms with Gasteiger partial charge in [-0.3, -0.25) is 9.38 Å². The summed E-state index contributed by atoms with van der Waals surface area (Å²) in [6.07, 6.45) is 15.6. The van der Waals surface area contributed by atoms with Crippen molar-refractivity contribution in [2.45, 2.75) is 50.9 Å². The maximum Gasteiger partial charge on any atom is 0.156 e. The molecule has 1 N–H and O–H groups in total. The van der Waals surface area contributed by atoms with Crippen LogP contribution in [0, 0.1) is 5.92 Å². The van der Waals surface area contributed by atoms with Gasteiger partial charge in [-0.25, -0.2) is 4.98 Å². The molecule has 4 heteroatoms. The summed E-state index contributed by atoms with van der Waals surface area (Å²) in [7, 11) is 0. The summed E-state index contributed by atoms with van der Waals surface area (Å²) in [6.45, 7) is 2.24. The lowest BCUT2D eigenvalue weighted by Gasteiger charge is -2.19. The van der Waals surface area contributed by atoms with E-state index in [2.05, 4.69) is 22.0 Å². The third-order valence-corrected chi connectivity index (χ3v) is 5.91. The van der Waals surface area contributed by atoms with Crippen molar-refractivity contribution in [2.24, 2.45) is 5.92 Å². The summed E-state index contributed by atoms with van der Waals surface area (Å²) < 4.78 is 2.34. The van der Waals surface area contributed by atoms with Gasteiger partial charge in [-0.15, -0.1) is 0 Å². The molecule has 5 rings (SSSR count). The van der Waals surface area contributed by atoms with Gasteiger partial charge in [-0.05, 0) is 37.3 Å². The van der Waals surface area contributed by atoms with Crippen molar-refractivity contribution in [3.8, 4) is 0 Å². The first kappa shape index (κ1) is 13.7. The summed E-state index contributed by atoms with van der Waals surface area (Å²) in [4.78, 5) is 9.64. The minimum atomic E-state index is 0.643. The third-order valence-electron chi connectivity index (χ3n) is 5.91. The van der Waals surface area contributed by atoms with Gasteiger partial charge in [0.15, 0.2) is 5.65 Å². The van der Waals surface area contributed by atoms with Crippen LogP contribution in [0.5, 0.6) is 0 Å². The predicted octanol–water partition coefficient (Wildman–Crippen LogP) is 3.33. The molecule has 1 unspecified atom stereocenters. The third kappa shape index (κ3) is 2.23. The first-order chi connectivity index (χ1) is 11.4. The number of nitrogens with zero attached hydrogens (tertiary/aromatic N) is 3. The highest BCUT2D eigenvalue weighted by atomic mass is 15.0. The van der Waals surface area contributed by atoms with E-state index in [-0.39, 0.29) is 0 Å². The molecule has 120 valence electrons. The van der Waals surface area contributed by atoms with Crippen molar-refractivity contribution in [2.75, 3.05) is 13.1 Å². The molecule has 4 nitrogen and oxygen atoms in total. The molecule has 1 saturated carbocycles. The van der Waals surface area contributed by atoms with Gasteiger partial charge in [0.2, 0.25) is 0 Å². The van der Waals surface area contributed by atoms with Crippen molar-refractivity contribution in [1.29, 1.82) is 0 Å². The fraction of sp³-hybridized carbons (Fsp3) is 0.579. The largest absolute Gasteiger partial charge is 0.316 e. The molecule has 2 aliphatic carbocycles. The lowest BCUT2D eigenvalue weighted by molar-refractivity contribution is 0.438. The van der Waals surface area contributed by atoms with Crippen LogP contribution < -0.4 is 5.32 Å². The van der Waals surface area contributed by atoms with Crippen LogP contribution in [0.25, 0.3) is 11.2 Å². The van der Waals surface area contributed by atoms with Gasteiger partial charge in [-0.1, -0.05) is 25.3 Å². The van der Waals surface area contributed by atoms with Crippen LogP contribution in [0.2, 0.25) is 0 Å². The molecule has 1 atom stereocenters. The normalized spacial score (nSPS) is 25.0. The van der Waals surface area contributed by atoms with Gasteiger partial charge in [0, 0.05) is 25.1 Å². The van der Waals surface area contributed by atoms with Crippen molar-refractivity contribution >= 4 is 11.2 Å². The molecule has 1 saturated heterocycles. The molecule has 3 aliphatic rings. The quantitative estimate of drug-likeness (QED) is 0.925. The van der Waals surface area contributed by atoms with Crippen LogP contribution in [0.3, 0.4) is 0 Å². The van der Waals surface area contributed by atoms with Crippen molar-refractivity contribution in [1.82, 2.24) is 19.7 Å². The molecule has 0 spiro atoms. The smallest absolute Gasteiger partial charge is 0.156 e. The molecule has 0 radical (unpaired) electrons. The molecule has 2 fully saturated rings. The molecule has 0 bridgehead atoms. The van der Waals surface area contributed by atoms with Crippen LogP contribution >= 0.6 is 0 Å². The summed E-state index contributed by atoms with van der Waals surface area (Å²) in [5, 5.41) is 3.50. The first-order valence-corrected chi connectivity index (χ1v) is 9.18. The predicted molar refractivity (Wildman–Crippen MR) is 91.5 cm³/mol. The van der Waals surface area contributed by atoms with Gasteiger partial charge in [0.25, 0.3) is 0 Å². The second-order valence-corrected chi connectivity index (χ2v) is 7.34. The maximum absolute atomic E-state index is 4.93. The van der Waals surface area contributed by atoms with Gasteiger partial charge in [-0.2, -0.15) is 0 Å². The standard InChI is InChI=1S/C19H24N4/c1-2-4-13(5-3-1)17-12-23-18(22-17)11-21-16-7-6-15(19(16)23)14-8-9-20-10-14/h6,11-14,20H,1-5,7-10H2. The highest BCUT2D eigenvalue weighted by molar-refractivity contribution is 5.73. The SMILES string of the molecule is C1=C(C2CCNC2)c2c(ncc3nc(C4CCCCC4)cn23)C1. The van der Waals surface area contributed by atoms with Gasteiger partial charge in [0.05, 0.1) is 23.3 Å². The second kappa shape index (κ2) is 5.45. The Balaban J connectivity index is 1.58. The average molecular weight is 308 g/mol. The van der Waals surface area contributed by atoms with E-state index >= 15 is 0 Å². The highest BCUT2D eigenvalue weighted by Crippen LogP contribution is 2.37. The molecule has 23 heavy (non-hydrogen) atoms. The van der Waals surface area contributed by atoms with Crippen molar-refractivity contribution in [3.05, 3.63) is 35.6 Å². The minimum absolute atomic E-state index is 0.643. The lowest BCUT2D eigenvalue weighted by atomic mass is 9.87. The van der Waals surface area contributed by atoms with Crippen LogP contribution in [0.4, 0.5) is 0 Å². The fourth-order valence-electron chi connectivity index (χ4n) is 4.65. The summed E-state index contributed by atoms with van der Waals surface area (Å²) >= 11 is 0. The monoisotopic (exact) mass is 308 g/mol. The number of nitrogens with one attached hydrogen (secondary N) is 1. The molecular weight excluding hydrogens is 284 g/mol. The topological polar surface area (TPSA) is 42.2 Å². The second-order valence-electron chi connectivity index (χ2n) is 7.34. The van der Waals surface area contributed by atoms with E-state index in [1.165, 1.54) is 61.2 Å². The molecular formula is C19H24N4. The summed E-state index contributed by atoms with van der Waals surface area (Å²) in [6, 6.07) is 0. The number of fused-ring (bicyclic) bond motifs is 3. The Kier molecular flexibility index (Phi) is 3.25. The zero-order valence-electron chi connectivity index (χ0n) is 13.6. The summed E-state index contributed by atoms with van der Waals surface area (Å²) in [5.41, 5.74) is 6.38. The van der Waals surface area contributed by atoms with Crippen molar-refractivity contribution < 1.29 is 0 Å². The first-order valence-electron chi connectivity index (χ1n) is 9.18. The minimum Gasteiger partial charge on any atom is -0.316 e. The van der Waals surface area contributed by atoms with Crippen molar-refractivity contribution in [3.63, 3.8) is 0 Å². The van der Waals surface area contributed by atoms with E-state index in [0.717, 1.165) is 25.2 Å². The van der Waals surface area contributed by atoms with E-state index in [0.29, 0.717) is 11.8 Å². The molecule has 0 amide bonds. The summed E-state index contributed by atoms with van der Waals surface area (Å²) in [5.74, 6) is 1.30. The number of rotatable bonds is 2. The van der Waals surface area contributed by atoms with E-state index in [1.807, 2.05) is 6.20 Å². The van der Waals surface area contributed by atoms with E-state index in [4.69, 9.17) is 9.97 Å². The van der Waals surface area contributed by atoms with Gasteiger partial charge in [0.1, 0.15) is 0 Å². The molecule has 0 aromatic carbocycles. The Bertz CT molecular complexity index is 761. The Hall–Kier alpha value is -1.68. The average Bonchev–Trinajstić information content (AvgIpc) is 3.32. The fourth-order valence-corrected chi connectivity index (χ4v) is 4.65. The van der Waals surface area contributed by atoms with Crippen LogP contribution in [-0.4, -0.2) is 27.5 Å². The van der Waals surface area contributed by atoms with E-state index < -0.39 is 0 Å². The number of hydrogen-bond donors (Lipinski definition) is 1. The molecule has 2 aromatic heterocycles. The molecule has 2 aromatic rings. The Morgan fingerprint density at radius 3 is 2.83 bits per heavy atom.